The number of aryl methyl sites for hydroxylation is 1. The highest BCUT2D eigenvalue weighted by Crippen LogP contribution is 2.20. The number of ketones is 1. The SMILES string of the molecule is Cc1nn(-c2ccccc2)c(C)c1C(=O)O[C@H](C)C(=O)c1ccc(NS(C)(=O)=O)cc1. The van der Waals surface area contributed by atoms with Crippen LogP contribution in [0.5, 0.6) is 0 Å². The van der Waals surface area contributed by atoms with E-state index < -0.39 is 27.9 Å². The van der Waals surface area contributed by atoms with Crippen LogP contribution in [0.3, 0.4) is 0 Å². The zero-order valence-corrected chi connectivity index (χ0v) is 18.4. The number of rotatable bonds is 7. The van der Waals surface area contributed by atoms with Crippen LogP contribution in [0.25, 0.3) is 5.69 Å². The van der Waals surface area contributed by atoms with Gasteiger partial charge in [-0.3, -0.25) is 9.52 Å². The van der Waals surface area contributed by atoms with E-state index in [1.54, 1.807) is 18.5 Å². The number of esters is 1. The zero-order chi connectivity index (χ0) is 22.8. The number of anilines is 1. The second kappa shape index (κ2) is 8.73. The molecule has 3 aromatic rings. The van der Waals surface area contributed by atoms with Crippen LogP contribution < -0.4 is 4.72 Å². The van der Waals surface area contributed by atoms with Crippen molar-refractivity contribution in [3.63, 3.8) is 0 Å². The van der Waals surface area contributed by atoms with Gasteiger partial charge in [0.2, 0.25) is 15.8 Å². The fourth-order valence-electron chi connectivity index (χ4n) is 3.18. The summed E-state index contributed by atoms with van der Waals surface area (Å²) in [5.41, 5.74) is 2.88. The number of carbonyl (C=O) groups is 2. The van der Waals surface area contributed by atoms with Crippen molar-refractivity contribution in [3.05, 3.63) is 77.1 Å². The third kappa shape index (κ3) is 5.18. The van der Waals surface area contributed by atoms with Crippen LogP contribution in [0.1, 0.15) is 39.0 Å². The van der Waals surface area contributed by atoms with Crippen LogP contribution in [0.4, 0.5) is 5.69 Å². The van der Waals surface area contributed by atoms with Gasteiger partial charge in [0.1, 0.15) is 5.56 Å². The first kappa shape index (κ1) is 22.2. The summed E-state index contributed by atoms with van der Waals surface area (Å²) in [6, 6.07) is 15.3. The normalized spacial score (nSPS) is 12.3. The second-order valence-corrected chi connectivity index (χ2v) is 8.90. The Kier molecular flexibility index (Phi) is 6.26. The number of benzene rings is 2. The molecule has 0 saturated heterocycles. The second-order valence-electron chi connectivity index (χ2n) is 7.16. The average molecular weight is 442 g/mol. The van der Waals surface area contributed by atoms with Crippen LogP contribution in [-0.2, 0) is 14.8 Å². The molecule has 0 fully saturated rings. The number of hydrogen-bond donors (Lipinski definition) is 1. The molecule has 0 aliphatic rings. The average Bonchev–Trinajstić information content (AvgIpc) is 3.01. The van der Waals surface area contributed by atoms with Crippen molar-refractivity contribution in [2.45, 2.75) is 26.9 Å². The largest absolute Gasteiger partial charge is 0.451 e. The Labute approximate surface area is 180 Å². The molecule has 2 aromatic carbocycles. The van der Waals surface area contributed by atoms with Gasteiger partial charge in [0.25, 0.3) is 0 Å². The molecule has 0 aliphatic heterocycles. The number of carbonyl (C=O) groups excluding carboxylic acids is 2. The van der Waals surface area contributed by atoms with Crippen molar-refractivity contribution >= 4 is 27.5 Å². The molecule has 0 unspecified atom stereocenters. The fourth-order valence-corrected chi connectivity index (χ4v) is 3.75. The Hall–Kier alpha value is -3.46. The van der Waals surface area contributed by atoms with E-state index in [0.29, 0.717) is 28.2 Å². The Balaban J connectivity index is 1.75. The maximum Gasteiger partial charge on any atom is 0.342 e. The molecule has 3 rings (SSSR count). The van der Waals surface area contributed by atoms with E-state index in [0.717, 1.165) is 11.9 Å². The lowest BCUT2D eigenvalue weighted by Crippen LogP contribution is -2.25. The highest BCUT2D eigenvalue weighted by molar-refractivity contribution is 7.92. The Morgan fingerprint density at radius 2 is 1.65 bits per heavy atom. The van der Waals surface area contributed by atoms with Crippen LogP contribution in [-0.4, -0.2) is 42.3 Å². The van der Waals surface area contributed by atoms with Crippen molar-refractivity contribution < 1.29 is 22.7 Å². The van der Waals surface area contributed by atoms with E-state index in [2.05, 4.69) is 9.82 Å². The topological polar surface area (TPSA) is 107 Å². The predicted octanol–water partition coefficient (Wildman–Crippen LogP) is 3.29. The summed E-state index contributed by atoms with van der Waals surface area (Å²) >= 11 is 0. The van der Waals surface area contributed by atoms with Crippen molar-refractivity contribution in [1.82, 2.24) is 9.78 Å². The summed E-state index contributed by atoms with van der Waals surface area (Å²) in [5, 5.41) is 4.43. The van der Waals surface area contributed by atoms with Gasteiger partial charge in [-0.2, -0.15) is 5.10 Å². The molecule has 162 valence electrons. The molecule has 0 saturated carbocycles. The van der Waals surface area contributed by atoms with Gasteiger partial charge in [0, 0.05) is 11.3 Å². The summed E-state index contributed by atoms with van der Waals surface area (Å²) in [7, 11) is -3.41. The summed E-state index contributed by atoms with van der Waals surface area (Å²) in [6.45, 7) is 4.97. The van der Waals surface area contributed by atoms with E-state index in [-0.39, 0.29) is 0 Å². The molecule has 0 radical (unpaired) electrons. The molecular formula is C22H23N3O5S. The first-order chi connectivity index (χ1) is 14.6. The molecule has 1 heterocycles. The minimum atomic E-state index is -3.41. The Morgan fingerprint density at radius 1 is 1.03 bits per heavy atom. The Bertz CT molecular complexity index is 1220. The minimum Gasteiger partial charge on any atom is -0.451 e. The van der Waals surface area contributed by atoms with Gasteiger partial charge in [-0.1, -0.05) is 18.2 Å². The number of para-hydroxylation sites is 1. The highest BCUT2D eigenvalue weighted by Gasteiger charge is 2.25. The van der Waals surface area contributed by atoms with Crippen LogP contribution >= 0.6 is 0 Å². The van der Waals surface area contributed by atoms with Crippen LogP contribution in [0, 0.1) is 13.8 Å². The lowest BCUT2D eigenvalue weighted by Gasteiger charge is -2.13. The van der Waals surface area contributed by atoms with Crippen molar-refractivity contribution in [1.29, 1.82) is 0 Å². The molecule has 1 atom stereocenters. The van der Waals surface area contributed by atoms with Crippen molar-refractivity contribution in [3.8, 4) is 5.69 Å². The van der Waals surface area contributed by atoms with Gasteiger partial charge in [-0.15, -0.1) is 0 Å². The smallest absolute Gasteiger partial charge is 0.342 e. The molecule has 0 aliphatic carbocycles. The number of sulfonamides is 1. The lowest BCUT2D eigenvalue weighted by molar-refractivity contribution is 0.0317. The lowest BCUT2D eigenvalue weighted by atomic mass is 10.1. The predicted molar refractivity (Wildman–Crippen MR) is 117 cm³/mol. The Morgan fingerprint density at radius 3 is 2.23 bits per heavy atom. The molecular weight excluding hydrogens is 418 g/mol. The first-order valence-electron chi connectivity index (χ1n) is 9.51. The maximum absolute atomic E-state index is 12.8. The highest BCUT2D eigenvalue weighted by atomic mass is 32.2. The number of aromatic nitrogens is 2. The first-order valence-corrected chi connectivity index (χ1v) is 11.4. The summed E-state index contributed by atoms with van der Waals surface area (Å²) in [4.78, 5) is 25.5. The van der Waals surface area contributed by atoms with Crippen molar-refractivity contribution in [2.75, 3.05) is 11.0 Å². The molecule has 0 bridgehead atoms. The monoisotopic (exact) mass is 441 g/mol. The number of nitrogens with zero attached hydrogens (tertiary/aromatic N) is 2. The van der Waals surface area contributed by atoms with E-state index in [1.165, 1.54) is 31.2 Å². The third-order valence-corrected chi connectivity index (χ3v) is 5.23. The number of ether oxygens (including phenoxy) is 1. The number of nitrogens with one attached hydrogen (secondary N) is 1. The number of Topliss-reactive ketones (excluding diaryl/α,β-unsaturated/α-hetero) is 1. The van der Waals surface area contributed by atoms with Gasteiger partial charge in [-0.05, 0) is 57.2 Å². The molecule has 0 spiro atoms. The van der Waals surface area contributed by atoms with Crippen LogP contribution in [0.15, 0.2) is 54.6 Å². The molecule has 8 nitrogen and oxygen atoms in total. The van der Waals surface area contributed by atoms with E-state index in [1.807, 2.05) is 30.3 Å². The standard InChI is InChI=1S/C22H23N3O5S/c1-14-20(15(2)25(23-14)19-8-6-5-7-9-19)22(27)30-16(3)21(26)17-10-12-18(13-11-17)24-31(4,28)29/h5-13,16,24H,1-4H3/t16-/m1/s1. The quantitative estimate of drug-likeness (QED) is 0.445. The third-order valence-electron chi connectivity index (χ3n) is 4.62. The summed E-state index contributed by atoms with van der Waals surface area (Å²) in [6.07, 6.45) is 0.0115. The van der Waals surface area contributed by atoms with E-state index in [4.69, 9.17) is 4.74 Å². The fraction of sp³-hybridized carbons (Fsp3) is 0.227. The molecule has 31 heavy (non-hydrogen) atoms. The van der Waals surface area contributed by atoms with Gasteiger partial charge < -0.3 is 4.74 Å². The molecule has 1 aromatic heterocycles. The molecule has 1 N–H and O–H groups in total. The van der Waals surface area contributed by atoms with E-state index in [9.17, 15) is 18.0 Å². The van der Waals surface area contributed by atoms with Gasteiger partial charge >= 0.3 is 5.97 Å². The van der Waals surface area contributed by atoms with Crippen molar-refractivity contribution in [2.24, 2.45) is 0 Å². The van der Waals surface area contributed by atoms with Gasteiger partial charge in [-0.25, -0.2) is 17.9 Å². The molecule has 0 amide bonds. The van der Waals surface area contributed by atoms with Crippen LogP contribution in [0.2, 0.25) is 0 Å². The number of hydrogen-bond acceptors (Lipinski definition) is 6. The summed E-state index contributed by atoms with van der Waals surface area (Å²) in [5.74, 6) is -1.03. The van der Waals surface area contributed by atoms with Gasteiger partial charge in [0.05, 0.1) is 23.3 Å². The summed E-state index contributed by atoms with van der Waals surface area (Å²) < 4.78 is 32.0. The molecule has 9 heteroatoms. The zero-order valence-electron chi connectivity index (χ0n) is 17.6. The van der Waals surface area contributed by atoms with Gasteiger partial charge in [0.15, 0.2) is 6.10 Å². The maximum atomic E-state index is 12.8. The van der Waals surface area contributed by atoms with E-state index >= 15 is 0 Å². The minimum absolute atomic E-state index is 0.299.